The van der Waals surface area contributed by atoms with E-state index >= 15 is 0 Å². The summed E-state index contributed by atoms with van der Waals surface area (Å²) in [5.74, 6) is 1.57. The molecule has 2 aromatic rings. The minimum absolute atomic E-state index is 0.0986. The number of pyridine rings is 1. The lowest BCUT2D eigenvalue weighted by Gasteiger charge is -2.36. The van der Waals surface area contributed by atoms with Gasteiger partial charge in [-0.25, -0.2) is 4.98 Å². The molecule has 3 heterocycles. The van der Waals surface area contributed by atoms with Gasteiger partial charge in [0.05, 0.1) is 11.9 Å². The van der Waals surface area contributed by atoms with Crippen LogP contribution in [0.2, 0.25) is 0 Å². The molecule has 0 unspecified atom stereocenters. The van der Waals surface area contributed by atoms with Crippen molar-refractivity contribution in [1.82, 2.24) is 15.2 Å². The van der Waals surface area contributed by atoms with Gasteiger partial charge in [-0.3, -0.25) is 9.69 Å². The number of nitrogens with one attached hydrogen (secondary N) is 1. The molecular weight excluding hydrogens is 368 g/mol. The number of carbonyl (C=O) groups is 1. The van der Waals surface area contributed by atoms with E-state index in [0.717, 1.165) is 62.8 Å². The lowest BCUT2D eigenvalue weighted by molar-refractivity contribution is 0.0948. The number of piperazine rings is 1. The van der Waals surface area contributed by atoms with Gasteiger partial charge in [0.1, 0.15) is 5.69 Å². The third-order valence-electron chi connectivity index (χ3n) is 5.38. The highest BCUT2D eigenvalue weighted by Gasteiger charge is 2.19. The first-order valence-electron chi connectivity index (χ1n) is 10.3. The summed E-state index contributed by atoms with van der Waals surface area (Å²) < 4.78 is 10.9. The summed E-state index contributed by atoms with van der Waals surface area (Å²) in [6, 6.07) is 9.97. The Labute approximate surface area is 171 Å². The molecule has 1 N–H and O–H groups in total. The zero-order valence-corrected chi connectivity index (χ0v) is 16.9. The van der Waals surface area contributed by atoms with Crippen LogP contribution in [0.25, 0.3) is 0 Å². The Balaban J connectivity index is 1.27. The summed E-state index contributed by atoms with van der Waals surface area (Å²) in [6.45, 7) is 7.85. The number of anilines is 1. The molecule has 0 atom stereocenters. The zero-order chi connectivity index (χ0) is 20.1. The van der Waals surface area contributed by atoms with Gasteiger partial charge in [-0.1, -0.05) is 19.4 Å². The van der Waals surface area contributed by atoms with Crippen molar-refractivity contribution < 1.29 is 14.3 Å². The van der Waals surface area contributed by atoms with Crippen molar-refractivity contribution in [2.45, 2.75) is 26.3 Å². The van der Waals surface area contributed by atoms with Crippen LogP contribution in [0.15, 0.2) is 36.5 Å². The van der Waals surface area contributed by atoms with Crippen LogP contribution in [0, 0.1) is 0 Å². The first-order valence-corrected chi connectivity index (χ1v) is 10.3. The molecular formula is C22H28N4O3. The minimum atomic E-state index is -0.0986. The molecule has 1 saturated heterocycles. The van der Waals surface area contributed by atoms with Crippen LogP contribution < -0.4 is 19.7 Å². The molecule has 0 bridgehead atoms. The first-order chi connectivity index (χ1) is 14.2. The van der Waals surface area contributed by atoms with Crippen LogP contribution in [-0.4, -0.2) is 55.3 Å². The van der Waals surface area contributed by atoms with E-state index in [9.17, 15) is 4.79 Å². The molecule has 2 aliphatic heterocycles. The van der Waals surface area contributed by atoms with Crippen molar-refractivity contribution in [3.8, 4) is 11.5 Å². The summed E-state index contributed by atoms with van der Waals surface area (Å²) >= 11 is 0. The third kappa shape index (κ3) is 4.79. The molecule has 0 radical (unpaired) electrons. The molecule has 154 valence electrons. The second-order valence-electron chi connectivity index (χ2n) is 7.46. The highest BCUT2D eigenvalue weighted by atomic mass is 16.7. The van der Waals surface area contributed by atoms with Gasteiger partial charge >= 0.3 is 0 Å². The second-order valence-corrected chi connectivity index (χ2v) is 7.46. The molecule has 1 amide bonds. The van der Waals surface area contributed by atoms with Crippen LogP contribution in [0.4, 0.5) is 5.69 Å². The largest absolute Gasteiger partial charge is 0.454 e. The van der Waals surface area contributed by atoms with Crippen molar-refractivity contribution in [2.75, 3.05) is 44.4 Å². The smallest absolute Gasteiger partial charge is 0.269 e. The molecule has 2 aliphatic rings. The van der Waals surface area contributed by atoms with Gasteiger partial charge in [0.25, 0.3) is 5.91 Å². The van der Waals surface area contributed by atoms with Gasteiger partial charge in [-0.2, -0.15) is 0 Å². The maximum absolute atomic E-state index is 12.1. The SMILES string of the molecule is CCCCNC(=O)c1ccc(N2CCN(Cc3ccc4c(c3)OCO4)CC2)cn1. The summed E-state index contributed by atoms with van der Waals surface area (Å²) in [5.41, 5.74) is 2.78. The number of benzene rings is 1. The lowest BCUT2D eigenvalue weighted by Crippen LogP contribution is -2.46. The predicted octanol–water partition coefficient (Wildman–Crippen LogP) is 2.66. The van der Waals surface area contributed by atoms with Crippen molar-refractivity contribution in [3.05, 3.63) is 47.8 Å². The Hall–Kier alpha value is -2.80. The maximum atomic E-state index is 12.1. The predicted molar refractivity (Wildman–Crippen MR) is 112 cm³/mol. The van der Waals surface area contributed by atoms with Crippen LogP contribution in [0.1, 0.15) is 35.8 Å². The Morgan fingerprint density at radius 1 is 1.10 bits per heavy atom. The number of aromatic nitrogens is 1. The van der Waals surface area contributed by atoms with E-state index in [0.29, 0.717) is 19.0 Å². The Kier molecular flexibility index (Phi) is 6.14. The number of unbranched alkanes of at least 4 members (excludes halogenated alkanes) is 1. The Bertz CT molecular complexity index is 832. The number of fused-ring (bicyclic) bond motifs is 1. The van der Waals surface area contributed by atoms with Gasteiger partial charge in [-0.05, 0) is 36.2 Å². The summed E-state index contributed by atoms with van der Waals surface area (Å²) in [4.78, 5) is 21.2. The minimum Gasteiger partial charge on any atom is -0.454 e. The molecule has 29 heavy (non-hydrogen) atoms. The molecule has 1 aromatic heterocycles. The first kappa shape index (κ1) is 19.5. The molecule has 0 saturated carbocycles. The summed E-state index contributed by atoms with van der Waals surface area (Å²) in [7, 11) is 0. The average molecular weight is 396 g/mol. The van der Waals surface area contributed by atoms with E-state index in [4.69, 9.17) is 9.47 Å². The highest BCUT2D eigenvalue weighted by molar-refractivity contribution is 5.92. The molecule has 7 nitrogen and oxygen atoms in total. The third-order valence-corrected chi connectivity index (χ3v) is 5.38. The quantitative estimate of drug-likeness (QED) is 0.726. The number of carbonyl (C=O) groups excluding carboxylic acids is 1. The summed E-state index contributed by atoms with van der Waals surface area (Å²) in [5, 5.41) is 2.90. The van der Waals surface area contributed by atoms with E-state index in [-0.39, 0.29) is 5.91 Å². The van der Waals surface area contributed by atoms with E-state index in [1.165, 1.54) is 5.56 Å². The molecule has 7 heteroatoms. The zero-order valence-electron chi connectivity index (χ0n) is 16.9. The van der Waals surface area contributed by atoms with E-state index in [2.05, 4.69) is 39.2 Å². The monoisotopic (exact) mass is 396 g/mol. The van der Waals surface area contributed by atoms with Crippen LogP contribution >= 0.6 is 0 Å². The van der Waals surface area contributed by atoms with Gasteiger partial charge < -0.3 is 19.7 Å². The molecule has 4 rings (SSSR count). The van der Waals surface area contributed by atoms with Crippen molar-refractivity contribution in [3.63, 3.8) is 0 Å². The fourth-order valence-corrected chi connectivity index (χ4v) is 3.64. The fraction of sp³-hybridized carbons (Fsp3) is 0.455. The van der Waals surface area contributed by atoms with Crippen molar-refractivity contribution in [2.24, 2.45) is 0 Å². The number of rotatable bonds is 7. The van der Waals surface area contributed by atoms with Gasteiger partial charge in [0.15, 0.2) is 11.5 Å². The number of amides is 1. The average Bonchev–Trinajstić information content (AvgIpc) is 3.22. The van der Waals surface area contributed by atoms with Crippen LogP contribution in [0.5, 0.6) is 11.5 Å². The molecule has 1 aromatic carbocycles. The Morgan fingerprint density at radius 3 is 2.69 bits per heavy atom. The van der Waals surface area contributed by atoms with Gasteiger partial charge in [0, 0.05) is 39.3 Å². The standard InChI is InChI=1S/C22H28N4O3/c1-2-3-8-23-22(27)19-6-5-18(14-24-19)26-11-9-25(10-12-26)15-17-4-7-20-21(13-17)29-16-28-20/h4-7,13-14H,2-3,8-12,15-16H2,1H3,(H,23,27). The Morgan fingerprint density at radius 2 is 1.93 bits per heavy atom. The molecule has 0 spiro atoms. The number of hydrogen-bond donors (Lipinski definition) is 1. The lowest BCUT2D eigenvalue weighted by atomic mass is 10.1. The molecule has 1 fully saturated rings. The van der Waals surface area contributed by atoms with Crippen LogP contribution in [-0.2, 0) is 6.54 Å². The van der Waals surface area contributed by atoms with Gasteiger partial charge in [0.2, 0.25) is 6.79 Å². The topological polar surface area (TPSA) is 66.9 Å². The molecule has 0 aliphatic carbocycles. The maximum Gasteiger partial charge on any atom is 0.269 e. The van der Waals surface area contributed by atoms with E-state index in [1.54, 1.807) is 0 Å². The van der Waals surface area contributed by atoms with Crippen LogP contribution in [0.3, 0.4) is 0 Å². The van der Waals surface area contributed by atoms with Crippen molar-refractivity contribution >= 4 is 11.6 Å². The normalized spacial score (nSPS) is 16.1. The summed E-state index contributed by atoms with van der Waals surface area (Å²) in [6.07, 6.45) is 3.86. The second kappa shape index (κ2) is 9.13. The van der Waals surface area contributed by atoms with E-state index in [1.807, 2.05) is 24.4 Å². The number of hydrogen-bond acceptors (Lipinski definition) is 6. The highest BCUT2D eigenvalue weighted by Crippen LogP contribution is 2.32. The number of nitrogens with zero attached hydrogens (tertiary/aromatic N) is 3. The fourth-order valence-electron chi connectivity index (χ4n) is 3.64. The van der Waals surface area contributed by atoms with Crippen molar-refractivity contribution in [1.29, 1.82) is 0 Å². The van der Waals surface area contributed by atoms with Gasteiger partial charge in [-0.15, -0.1) is 0 Å². The van der Waals surface area contributed by atoms with E-state index < -0.39 is 0 Å². The number of ether oxygens (including phenoxy) is 2.